The molecule has 0 bridgehead atoms. The number of halogens is 3. The Balaban J connectivity index is 3.20. The maximum absolute atomic E-state index is 11.1. The highest BCUT2D eigenvalue weighted by Gasteiger charge is 2.17. The molecule has 1 atom stereocenters. The van der Waals surface area contributed by atoms with Crippen LogP contribution in [0.15, 0.2) is 18.2 Å². The number of hydrogen-bond donors (Lipinski definition) is 0. The summed E-state index contributed by atoms with van der Waals surface area (Å²) in [7, 11) is 0. The molecule has 1 aromatic carbocycles. The van der Waals surface area contributed by atoms with Crippen LogP contribution >= 0.6 is 39.1 Å². The summed E-state index contributed by atoms with van der Waals surface area (Å²) in [6, 6.07) is 5.40. The number of carbonyl (C=O) groups is 1. The Hall–Kier alpha value is -0.0500. The van der Waals surface area contributed by atoms with Crippen LogP contribution in [0.25, 0.3) is 0 Å². The second-order valence-electron chi connectivity index (χ2n) is 2.91. The molecule has 0 aliphatic carbocycles. The van der Waals surface area contributed by atoms with Crippen molar-refractivity contribution in [2.45, 2.75) is 17.6 Å². The maximum atomic E-state index is 11.1. The van der Waals surface area contributed by atoms with Crippen molar-refractivity contribution >= 4 is 44.9 Å². The first-order valence-corrected chi connectivity index (χ1v) is 5.99. The fourth-order valence-electron chi connectivity index (χ4n) is 1.17. The standard InChI is InChI=1S/C10H9BrCl2O/c1-6(14)10(13)7-3-2-4-9(12)8(7)5-11/h2-4,10H,5H2,1H3. The van der Waals surface area contributed by atoms with E-state index in [1.54, 1.807) is 12.1 Å². The van der Waals surface area contributed by atoms with Crippen molar-refractivity contribution < 1.29 is 4.79 Å². The molecule has 0 saturated carbocycles. The minimum atomic E-state index is -0.610. The number of alkyl halides is 2. The molecule has 0 aliphatic rings. The van der Waals surface area contributed by atoms with Gasteiger partial charge in [0.25, 0.3) is 0 Å². The predicted molar refractivity (Wildman–Crippen MR) is 63.4 cm³/mol. The molecule has 0 spiro atoms. The SMILES string of the molecule is CC(=O)C(Cl)c1cccc(Cl)c1CBr. The zero-order valence-corrected chi connectivity index (χ0v) is 10.7. The molecule has 0 heterocycles. The van der Waals surface area contributed by atoms with E-state index in [2.05, 4.69) is 15.9 Å². The minimum absolute atomic E-state index is 0.0730. The van der Waals surface area contributed by atoms with E-state index in [1.807, 2.05) is 6.07 Å². The van der Waals surface area contributed by atoms with Gasteiger partial charge in [0.05, 0.1) is 0 Å². The third-order valence-electron chi connectivity index (χ3n) is 1.92. The van der Waals surface area contributed by atoms with Gasteiger partial charge in [-0.3, -0.25) is 4.79 Å². The largest absolute Gasteiger partial charge is 0.298 e. The monoisotopic (exact) mass is 294 g/mol. The summed E-state index contributed by atoms with van der Waals surface area (Å²) >= 11 is 15.3. The number of hydrogen-bond acceptors (Lipinski definition) is 1. The molecular weight excluding hydrogens is 287 g/mol. The molecule has 76 valence electrons. The lowest BCUT2D eigenvalue weighted by Gasteiger charge is -2.11. The number of rotatable bonds is 3. The number of carbonyl (C=O) groups excluding carboxylic acids is 1. The molecule has 1 aromatic rings. The van der Waals surface area contributed by atoms with Crippen LogP contribution in [0.2, 0.25) is 5.02 Å². The highest BCUT2D eigenvalue weighted by Crippen LogP contribution is 2.31. The van der Waals surface area contributed by atoms with Crippen molar-refractivity contribution in [3.8, 4) is 0 Å². The Labute approximate surface area is 102 Å². The van der Waals surface area contributed by atoms with Crippen molar-refractivity contribution in [3.05, 3.63) is 34.3 Å². The summed E-state index contributed by atoms with van der Waals surface area (Å²) in [5, 5.41) is 0.617. The van der Waals surface area contributed by atoms with Crippen LogP contribution in [-0.4, -0.2) is 5.78 Å². The third kappa shape index (κ3) is 2.50. The Bertz CT molecular complexity index is 352. The number of Topliss-reactive ketones (excluding diaryl/α,β-unsaturated/α-hetero) is 1. The van der Waals surface area contributed by atoms with Crippen LogP contribution in [0.1, 0.15) is 23.4 Å². The van der Waals surface area contributed by atoms with Crippen LogP contribution in [0.5, 0.6) is 0 Å². The fraction of sp³-hybridized carbons (Fsp3) is 0.300. The fourth-order valence-corrected chi connectivity index (χ4v) is 2.41. The summed E-state index contributed by atoms with van der Waals surface area (Å²) in [5.74, 6) is -0.0730. The van der Waals surface area contributed by atoms with Gasteiger partial charge in [0, 0.05) is 10.4 Å². The number of benzene rings is 1. The second kappa shape index (κ2) is 5.15. The van der Waals surface area contributed by atoms with E-state index < -0.39 is 5.38 Å². The van der Waals surface area contributed by atoms with Gasteiger partial charge in [-0.25, -0.2) is 0 Å². The van der Waals surface area contributed by atoms with Crippen molar-refractivity contribution in [1.82, 2.24) is 0 Å². The summed E-state index contributed by atoms with van der Waals surface area (Å²) in [6.07, 6.45) is 0. The second-order valence-corrected chi connectivity index (χ2v) is 4.32. The van der Waals surface area contributed by atoms with E-state index in [0.717, 1.165) is 11.1 Å². The van der Waals surface area contributed by atoms with Crippen LogP contribution in [-0.2, 0) is 10.1 Å². The molecule has 14 heavy (non-hydrogen) atoms. The van der Waals surface area contributed by atoms with Crippen LogP contribution in [0.4, 0.5) is 0 Å². The summed E-state index contributed by atoms with van der Waals surface area (Å²) in [4.78, 5) is 11.1. The molecule has 0 fully saturated rings. The molecule has 0 aromatic heterocycles. The van der Waals surface area contributed by atoms with Gasteiger partial charge in [-0.1, -0.05) is 39.7 Å². The highest BCUT2D eigenvalue weighted by molar-refractivity contribution is 9.08. The van der Waals surface area contributed by atoms with Crippen LogP contribution < -0.4 is 0 Å². The minimum Gasteiger partial charge on any atom is -0.298 e. The maximum Gasteiger partial charge on any atom is 0.152 e. The van der Waals surface area contributed by atoms with Gasteiger partial charge in [-0.05, 0) is 24.1 Å². The smallest absolute Gasteiger partial charge is 0.152 e. The molecule has 0 aliphatic heterocycles. The average Bonchev–Trinajstić information content (AvgIpc) is 2.16. The van der Waals surface area contributed by atoms with E-state index in [1.165, 1.54) is 6.92 Å². The van der Waals surface area contributed by atoms with E-state index in [-0.39, 0.29) is 5.78 Å². The third-order valence-corrected chi connectivity index (χ3v) is 3.38. The molecule has 1 rings (SSSR count). The first-order valence-electron chi connectivity index (χ1n) is 4.05. The molecule has 0 amide bonds. The van der Waals surface area contributed by atoms with Crippen molar-refractivity contribution in [3.63, 3.8) is 0 Å². The van der Waals surface area contributed by atoms with Gasteiger partial charge in [0.15, 0.2) is 5.78 Å². The van der Waals surface area contributed by atoms with Gasteiger partial charge in [0.1, 0.15) is 5.38 Å². The molecule has 1 nitrogen and oxygen atoms in total. The van der Waals surface area contributed by atoms with Crippen LogP contribution in [0.3, 0.4) is 0 Å². The van der Waals surface area contributed by atoms with E-state index in [0.29, 0.717) is 10.4 Å². The van der Waals surface area contributed by atoms with Gasteiger partial charge >= 0.3 is 0 Å². The Morgan fingerprint density at radius 1 is 1.57 bits per heavy atom. The highest BCUT2D eigenvalue weighted by atomic mass is 79.9. The number of ketones is 1. The summed E-state index contributed by atoms with van der Waals surface area (Å²) in [6.45, 7) is 1.47. The Morgan fingerprint density at radius 2 is 2.21 bits per heavy atom. The van der Waals surface area contributed by atoms with Crippen molar-refractivity contribution in [2.75, 3.05) is 0 Å². The molecule has 0 saturated heterocycles. The van der Waals surface area contributed by atoms with Crippen molar-refractivity contribution in [1.29, 1.82) is 0 Å². The lowest BCUT2D eigenvalue weighted by molar-refractivity contribution is -0.116. The van der Waals surface area contributed by atoms with Crippen molar-refractivity contribution in [2.24, 2.45) is 0 Å². The molecular formula is C10H9BrCl2O. The average molecular weight is 296 g/mol. The first-order chi connectivity index (χ1) is 6.57. The summed E-state index contributed by atoms with van der Waals surface area (Å²) in [5.41, 5.74) is 1.66. The topological polar surface area (TPSA) is 17.1 Å². The van der Waals surface area contributed by atoms with Gasteiger partial charge < -0.3 is 0 Å². The Kier molecular flexibility index (Phi) is 4.42. The Morgan fingerprint density at radius 3 is 2.71 bits per heavy atom. The molecule has 0 N–H and O–H groups in total. The van der Waals surface area contributed by atoms with Gasteiger partial charge in [-0.2, -0.15) is 0 Å². The van der Waals surface area contributed by atoms with E-state index in [9.17, 15) is 4.79 Å². The van der Waals surface area contributed by atoms with E-state index in [4.69, 9.17) is 23.2 Å². The van der Waals surface area contributed by atoms with E-state index >= 15 is 0 Å². The summed E-state index contributed by atoms with van der Waals surface area (Å²) < 4.78 is 0. The van der Waals surface area contributed by atoms with Gasteiger partial charge in [-0.15, -0.1) is 11.6 Å². The molecule has 1 unspecified atom stereocenters. The first kappa shape index (κ1) is 12.0. The zero-order chi connectivity index (χ0) is 10.7. The lowest BCUT2D eigenvalue weighted by atomic mass is 10.0. The molecule has 0 radical (unpaired) electrons. The van der Waals surface area contributed by atoms with Crippen LogP contribution in [0, 0.1) is 0 Å². The quantitative estimate of drug-likeness (QED) is 0.767. The predicted octanol–water partition coefficient (Wildman–Crippen LogP) is 4.10. The normalized spacial score (nSPS) is 12.6. The zero-order valence-electron chi connectivity index (χ0n) is 7.56. The molecule has 4 heteroatoms. The lowest BCUT2D eigenvalue weighted by Crippen LogP contribution is -2.04. The van der Waals surface area contributed by atoms with Gasteiger partial charge in [0.2, 0.25) is 0 Å².